The Kier molecular flexibility index (Phi) is 4.09. The van der Waals surface area contributed by atoms with E-state index in [-0.39, 0.29) is 27.8 Å². The Morgan fingerprint density at radius 1 is 1.24 bits per heavy atom. The van der Waals surface area contributed by atoms with Crippen LogP contribution in [0.1, 0.15) is 15.9 Å². The first kappa shape index (κ1) is 14.8. The Labute approximate surface area is 124 Å². The van der Waals surface area contributed by atoms with Crippen LogP contribution < -0.4 is 4.74 Å². The second-order valence-electron chi connectivity index (χ2n) is 4.20. The van der Waals surface area contributed by atoms with Gasteiger partial charge >= 0.3 is 11.7 Å². The number of carboxylic acids is 1. The fraction of sp³-hybridized carbons (Fsp3) is 0.0714. The first-order valence-electron chi connectivity index (χ1n) is 5.85. The lowest BCUT2D eigenvalue weighted by Gasteiger charge is -2.10. The summed E-state index contributed by atoms with van der Waals surface area (Å²) in [6, 6.07) is 8.86. The van der Waals surface area contributed by atoms with Crippen LogP contribution in [0.2, 0.25) is 5.02 Å². The van der Waals surface area contributed by atoms with Gasteiger partial charge in [-0.3, -0.25) is 10.1 Å². The average molecular weight is 308 g/mol. The molecule has 0 aliphatic heterocycles. The van der Waals surface area contributed by atoms with E-state index in [4.69, 9.17) is 21.4 Å². The molecule has 0 aromatic heterocycles. The van der Waals surface area contributed by atoms with Crippen LogP contribution in [0.5, 0.6) is 11.5 Å². The van der Waals surface area contributed by atoms with E-state index in [1.807, 2.05) is 0 Å². The molecule has 0 saturated carbocycles. The van der Waals surface area contributed by atoms with Crippen molar-refractivity contribution in [1.82, 2.24) is 0 Å². The van der Waals surface area contributed by atoms with E-state index in [1.54, 1.807) is 19.1 Å². The normalized spacial score (nSPS) is 10.2. The van der Waals surface area contributed by atoms with Crippen LogP contribution in [0.3, 0.4) is 0 Å². The van der Waals surface area contributed by atoms with E-state index in [1.165, 1.54) is 24.3 Å². The number of ether oxygens (including phenoxy) is 1. The first-order chi connectivity index (χ1) is 9.91. The van der Waals surface area contributed by atoms with Crippen LogP contribution in [0.25, 0.3) is 0 Å². The highest BCUT2D eigenvalue weighted by molar-refractivity contribution is 6.33. The van der Waals surface area contributed by atoms with Crippen LogP contribution in [-0.2, 0) is 0 Å². The van der Waals surface area contributed by atoms with Gasteiger partial charge in [0.15, 0.2) is 0 Å². The minimum Gasteiger partial charge on any atom is -0.478 e. The Morgan fingerprint density at radius 2 is 1.86 bits per heavy atom. The third-order valence-electron chi connectivity index (χ3n) is 2.79. The van der Waals surface area contributed by atoms with Crippen molar-refractivity contribution < 1.29 is 19.6 Å². The van der Waals surface area contributed by atoms with E-state index < -0.39 is 10.9 Å². The third kappa shape index (κ3) is 2.95. The summed E-state index contributed by atoms with van der Waals surface area (Å²) in [5.41, 5.74) is -0.0415. The zero-order valence-corrected chi connectivity index (χ0v) is 11.6. The maximum absolute atomic E-state index is 11.2. The third-order valence-corrected chi connectivity index (χ3v) is 3.11. The molecule has 0 radical (unpaired) electrons. The predicted molar refractivity (Wildman–Crippen MR) is 76.3 cm³/mol. The number of nitro benzene ring substituents is 1. The lowest BCUT2D eigenvalue weighted by molar-refractivity contribution is -0.386. The molecule has 0 atom stereocenters. The molecule has 0 aliphatic carbocycles. The SMILES string of the molecule is Cc1cccc(Oc2cccc(Cl)c2C(=O)O)c1[N+](=O)[O-]. The topological polar surface area (TPSA) is 89.7 Å². The lowest BCUT2D eigenvalue weighted by atomic mass is 10.1. The van der Waals surface area contributed by atoms with Crippen LogP contribution in [-0.4, -0.2) is 16.0 Å². The van der Waals surface area contributed by atoms with Crippen molar-refractivity contribution in [2.75, 3.05) is 0 Å². The van der Waals surface area contributed by atoms with Crippen molar-refractivity contribution in [3.05, 3.63) is 62.7 Å². The monoisotopic (exact) mass is 307 g/mol. The molecule has 7 heteroatoms. The maximum atomic E-state index is 11.2. The zero-order chi connectivity index (χ0) is 15.6. The summed E-state index contributed by atoms with van der Waals surface area (Å²) in [6.07, 6.45) is 0. The molecule has 0 bridgehead atoms. The van der Waals surface area contributed by atoms with E-state index in [2.05, 4.69) is 0 Å². The van der Waals surface area contributed by atoms with Crippen molar-refractivity contribution in [2.24, 2.45) is 0 Å². The Balaban J connectivity index is 2.54. The summed E-state index contributed by atoms with van der Waals surface area (Å²) in [4.78, 5) is 21.7. The number of nitrogens with zero attached hydrogens (tertiary/aromatic N) is 1. The number of hydrogen-bond donors (Lipinski definition) is 1. The highest BCUT2D eigenvalue weighted by Crippen LogP contribution is 2.36. The van der Waals surface area contributed by atoms with Crippen LogP contribution in [0.15, 0.2) is 36.4 Å². The second kappa shape index (κ2) is 5.80. The van der Waals surface area contributed by atoms with Gasteiger partial charge in [0.25, 0.3) is 0 Å². The molecule has 0 heterocycles. The van der Waals surface area contributed by atoms with Gasteiger partial charge in [0, 0.05) is 5.56 Å². The highest BCUT2D eigenvalue weighted by atomic mass is 35.5. The van der Waals surface area contributed by atoms with Gasteiger partial charge in [-0.05, 0) is 25.1 Å². The van der Waals surface area contributed by atoms with E-state index >= 15 is 0 Å². The quantitative estimate of drug-likeness (QED) is 0.680. The molecular formula is C14H10ClNO5. The number of nitro groups is 1. The Hall–Kier alpha value is -2.60. The molecule has 21 heavy (non-hydrogen) atoms. The van der Waals surface area contributed by atoms with Gasteiger partial charge in [0.05, 0.1) is 9.95 Å². The Morgan fingerprint density at radius 3 is 2.48 bits per heavy atom. The van der Waals surface area contributed by atoms with Crippen molar-refractivity contribution in [1.29, 1.82) is 0 Å². The number of carbonyl (C=O) groups is 1. The van der Waals surface area contributed by atoms with Crippen molar-refractivity contribution in [3.8, 4) is 11.5 Å². The summed E-state index contributed by atoms with van der Waals surface area (Å²) in [6.45, 7) is 1.57. The Bertz CT molecular complexity index is 668. The number of aromatic carboxylic acids is 1. The van der Waals surface area contributed by atoms with E-state index in [0.29, 0.717) is 5.56 Å². The van der Waals surface area contributed by atoms with Gasteiger partial charge in [-0.15, -0.1) is 0 Å². The average Bonchev–Trinajstić information content (AvgIpc) is 2.37. The molecule has 6 nitrogen and oxygen atoms in total. The largest absolute Gasteiger partial charge is 0.478 e. The van der Waals surface area contributed by atoms with Crippen molar-refractivity contribution >= 4 is 23.3 Å². The fourth-order valence-corrected chi connectivity index (χ4v) is 2.11. The van der Waals surface area contributed by atoms with Gasteiger partial charge in [0.2, 0.25) is 5.75 Å². The molecule has 0 fully saturated rings. The summed E-state index contributed by atoms with van der Waals surface area (Å²) < 4.78 is 5.42. The number of hydrogen-bond acceptors (Lipinski definition) is 4. The minimum absolute atomic E-state index is 0.00435. The maximum Gasteiger partial charge on any atom is 0.341 e. The summed E-state index contributed by atoms with van der Waals surface area (Å²) in [5.74, 6) is -1.36. The summed E-state index contributed by atoms with van der Waals surface area (Å²) in [7, 11) is 0. The molecule has 0 saturated heterocycles. The highest BCUT2D eigenvalue weighted by Gasteiger charge is 2.22. The van der Waals surface area contributed by atoms with Gasteiger partial charge in [-0.1, -0.05) is 29.8 Å². The molecule has 1 N–H and O–H groups in total. The van der Waals surface area contributed by atoms with Gasteiger partial charge in [-0.25, -0.2) is 4.79 Å². The van der Waals surface area contributed by atoms with Gasteiger partial charge < -0.3 is 9.84 Å². The molecule has 0 unspecified atom stereocenters. The van der Waals surface area contributed by atoms with E-state index in [9.17, 15) is 14.9 Å². The molecule has 108 valence electrons. The van der Waals surface area contributed by atoms with Gasteiger partial charge in [0.1, 0.15) is 11.3 Å². The standard InChI is InChI=1S/C14H10ClNO5/c1-8-4-2-7-11(13(8)16(19)20)21-10-6-3-5-9(15)12(10)14(17)18/h2-7H,1H3,(H,17,18). The first-order valence-corrected chi connectivity index (χ1v) is 6.23. The minimum atomic E-state index is -1.27. The number of benzene rings is 2. The van der Waals surface area contributed by atoms with Gasteiger partial charge in [-0.2, -0.15) is 0 Å². The summed E-state index contributed by atoms with van der Waals surface area (Å²) >= 11 is 5.83. The van der Waals surface area contributed by atoms with Crippen molar-refractivity contribution in [3.63, 3.8) is 0 Å². The molecule has 2 aromatic rings. The number of rotatable bonds is 4. The molecule has 0 spiro atoms. The molecule has 0 amide bonds. The molecular weight excluding hydrogens is 298 g/mol. The summed E-state index contributed by atoms with van der Waals surface area (Å²) in [5, 5.41) is 20.3. The number of carboxylic acid groups (broad SMARTS) is 1. The predicted octanol–water partition coefficient (Wildman–Crippen LogP) is 4.05. The fourth-order valence-electron chi connectivity index (χ4n) is 1.86. The molecule has 2 aromatic carbocycles. The number of para-hydroxylation sites is 1. The van der Waals surface area contributed by atoms with Crippen molar-refractivity contribution in [2.45, 2.75) is 6.92 Å². The van der Waals surface area contributed by atoms with E-state index in [0.717, 1.165) is 0 Å². The van der Waals surface area contributed by atoms with Crippen LogP contribution >= 0.6 is 11.6 Å². The molecule has 2 rings (SSSR count). The van der Waals surface area contributed by atoms with Crippen LogP contribution in [0.4, 0.5) is 5.69 Å². The lowest BCUT2D eigenvalue weighted by Crippen LogP contribution is -2.02. The number of aryl methyl sites for hydroxylation is 1. The smallest absolute Gasteiger partial charge is 0.341 e. The van der Waals surface area contributed by atoms with Crippen LogP contribution in [0, 0.1) is 17.0 Å². The second-order valence-corrected chi connectivity index (χ2v) is 4.61. The molecule has 0 aliphatic rings. The zero-order valence-electron chi connectivity index (χ0n) is 10.9. The number of halogens is 1.